The summed E-state index contributed by atoms with van der Waals surface area (Å²) < 4.78 is 38.6. The van der Waals surface area contributed by atoms with Gasteiger partial charge in [-0.15, -0.1) is 0 Å². The van der Waals surface area contributed by atoms with Gasteiger partial charge < -0.3 is 5.32 Å². The minimum atomic E-state index is -4.40. The molecule has 0 aliphatic carbocycles. The van der Waals surface area contributed by atoms with Crippen LogP contribution in [0.4, 0.5) is 30.5 Å². The fourth-order valence-corrected chi connectivity index (χ4v) is 3.11. The highest BCUT2D eigenvalue weighted by atomic mass is 19.4. The molecule has 0 spiro atoms. The summed E-state index contributed by atoms with van der Waals surface area (Å²) in [6, 6.07) is 12.2. The molecule has 3 heterocycles. The van der Waals surface area contributed by atoms with Crippen molar-refractivity contribution < 1.29 is 13.2 Å². The number of alkyl halides is 3. The van der Waals surface area contributed by atoms with Gasteiger partial charge in [0.1, 0.15) is 0 Å². The first kappa shape index (κ1) is 22.8. The number of aromatic nitrogens is 4. The van der Waals surface area contributed by atoms with Crippen molar-refractivity contribution in [3.8, 4) is 11.3 Å². The van der Waals surface area contributed by atoms with Gasteiger partial charge in [0.15, 0.2) is 0 Å². The average Bonchev–Trinajstić information content (AvgIpc) is 2.80. The van der Waals surface area contributed by atoms with Gasteiger partial charge in [0.05, 0.1) is 35.1 Å². The molecule has 0 atom stereocenters. The van der Waals surface area contributed by atoms with E-state index in [1.54, 1.807) is 30.6 Å². The van der Waals surface area contributed by atoms with Crippen LogP contribution < -0.4 is 10.7 Å². The number of halogens is 3. The Hall–Kier alpha value is -4.34. The zero-order valence-corrected chi connectivity index (χ0v) is 18.3. The lowest BCUT2D eigenvalue weighted by Crippen LogP contribution is -2.05. The molecule has 0 aliphatic rings. The van der Waals surface area contributed by atoms with E-state index >= 15 is 0 Å². The Labute approximate surface area is 193 Å². The summed E-state index contributed by atoms with van der Waals surface area (Å²) in [5.74, 6) is 0.329. The number of pyridine rings is 2. The lowest BCUT2D eigenvalue weighted by atomic mass is 10.1. The van der Waals surface area contributed by atoms with Gasteiger partial charge in [0.25, 0.3) is 0 Å². The van der Waals surface area contributed by atoms with E-state index in [4.69, 9.17) is 0 Å². The van der Waals surface area contributed by atoms with Crippen LogP contribution in [0, 0.1) is 13.8 Å². The Morgan fingerprint density at radius 1 is 0.912 bits per heavy atom. The molecule has 0 saturated carbocycles. The number of hydrogen-bond donors (Lipinski definition) is 2. The second-order valence-corrected chi connectivity index (χ2v) is 7.51. The Kier molecular flexibility index (Phi) is 6.48. The van der Waals surface area contributed by atoms with Crippen LogP contribution in [-0.4, -0.2) is 26.2 Å². The average molecular weight is 463 g/mol. The number of benzene rings is 1. The van der Waals surface area contributed by atoms with Gasteiger partial charge in [-0.3, -0.25) is 9.97 Å². The van der Waals surface area contributed by atoms with Gasteiger partial charge in [-0.25, -0.2) is 15.4 Å². The zero-order chi connectivity index (χ0) is 24.1. The van der Waals surface area contributed by atoms with Crippen molar-refractivity contribution in [1.29, 1.82) is 0 Å². The lowest BCUT2D eigenvalue weighted by molar-refractivity contribution is -0.137. The number of rotatable bonds is 6. The van der Waals surface area contributed by atoms with Crippen molar-refractivity contribution in [3.63, 3.8) is 0 Å². The van der Waals surface area contributed by atoms with Gasteiger partial charge in [-0.1, -0.05) is 6.07 Å². The fraction of sp³-hybridized carbons (Fsp3) is 0.125. The summed E-state index contributed by atoms with van der Waals surface area (Å²) in [5, 5.41) is 7.04. The fourth-order valence-electron chi connectivity index (χ4n) is 3.11. The molecule has 0 bridgehead atoms. The smallest absolute Gasteiger partial charge is 0.354 e. The van der Waals surface area contributed by atoms with Gasteiger partial charge in [-0.05, 0) is 61.9 Å². The van der Waals surface area contributed by atoms with Crippen LogP contribution in [0.25, 0.3) is 11.3 Å². The summed E-state index contributed by atoms with van der Waals surface area (Å²) in [6.07, 6.45) is 2.11. The summed E-state index contributed by atoms with van der Waals surface area (Å²) in [6.45, 7) is 3.82. The molecule has 4 aromatic rings. The van der Waals surface area contributed by atoms with E-state index in [0.29, 0.717) is 23.0 Å². The van der Waals surface area contributed by atoms with Crippen LogP contribution in [0.1, 0.15) is 22.5 Å². The second-order valence-electron chi connectivity index (χ2n) is 7.51. The molecule has 0 saturated heterocycles. The number of hydrazone groups is 1. The molecule has 2 N–H and O–H groups in total. The Balaban J connectivity index is 1.41. The van der Waals surface area contributed by atoms with Gasteiger partial charge >= 0.3 is 6.18 Å². The molecule has 0 aliphatic heterocycles. The highest BCUT2D eigenvalue weighted by molar-refractivity contribution is 5.78. The highest BCUT2D eigenvalue weighted by Gasteiger charge is 2.30. The van der Waals surface area contributed by atoms with E-state index in [9.17, 15) is 13.2 Å². The van der Waals surface area contributed by atoms with E-state index in [0.717, 1.165) is 34.6 Å². The molecule has 3 aromatic heterocycles. The maximum atomic E-state index is 12.9. The SMILES string of the molecule is Cc1cncc(-c2cc(C)nc(N/N=C/c3ccc(Nc4cccc(C(F)(F)F)c4)cn3)n2)c1. The lowest BCUT2D eigenvalue weighted by Gasteiger charge is -2.10. The number of nitrogens with zero attached hydrogens (tertiary/aromatic N) is 5. The van der Waals surface area contributed by atoms with Crippen LogP contribution in [0.15, 0.2) is 72.2 Å². The Morgan fingerprint density at radius 2 is 1.76 bits per heavy atom. The molecule has 172 valence electrons. The molecule has 34 heavy (non-hydrogen) atoms. The van der Waals surface area contributed by atoms with Crippen molar-refractivity contribution in [2.24, 2.45) is 5.10 Å². The predicted octanol–water partition coefficient (Wildman–Crippen LogP) is 5.76. The first-order valence-corrected chi connectivity index (χ1v) is 10.2. The topological polar surface area (TPSA) is 88.0 Å². The standard InChI is InChI=1S/C24H20F3N7/c1-15-8-17(12-28-11-15)22-9-16(2)31-23(33-22)34-30-14-20-6-7-21(13-29-20)32-19-5-3-4-18(10-19)24(25,26)27/h3-14,32H,1-2H3,(H,31,33,34)/b30-14+. The van der Waals surface area contributed by atoms with E-state index in [1.165, 1.54) is 18.5 Å². The molecular formula is C24H20F3N7. The largest absolute Gasteiger partial charge is 0.416 e. The summed E-state index contributed by atoms with van der Waals surface area (Å²) in [7, 11) is 0. The molecule has 0 amide bonds. The van der Waals surface area contributed by atoms with Crippen LogP contribution in [0.2, 0.25) is 0 Å². The van der Waals surface area contributed by atoms with E-state index in [-0.39, 0.29) is 0 Å². The summed E-state index contributed by atoms with van der Waals surface area (Å²) in [5.41, 5.74) is 6.88. The Bertz CT molecular complexity index is 1320. The van der Waals surface area contributed by atoms with E-state index in [2.05, 4.69) is 35.8 Å². The molecule has 0 fully saturated rings. The van der Waals surface area contributed by atoms with E-state index < -0.39 is 11.7 Å². The third-order valence-electron chi connectivity index (χ3n) is 4.65. The molecule has 0 radical (unpaired) electrons. The summed E-state index contributed by atoms with van der Waals surface area (Å²) >= 11 is 0. The van der Waals surface area contributed by atoms with Crippen molar-refractivity contribution in [2.75, 3.05) is 10.7 Å². The van der Waals surface area contributed by atoms with Crippen LogP contribution in [0.5, 0.6) is 0 Å². The minimum Gasteiger partial charge on any atom is -0.354 e. The Morgan fingerprint density at radius 3 is 2.50 bits per heavy atom. The molecule has 1 aromatic carbocycles. The van der Waals surface area contributed by atoms with Crippen LogP contribution in [0.3, 0.4) is 0 Å². The normalized spacial score (nSPS) is 11.6. The quantitative estimate of drug-likeness (QED) is 0.279. The maximum Gasteiger partial charge on any atom is 0.416 e. The third kappa shape index (κ3) is 5.91. The van der Waals surface area contributed by atoms with Crippen LogP contribution in [-0.2, 0) is 6.18 Å². The summed E-state index contributed by atoms with van der Waals surface area (Å²) in [4.78, 5) is 17.2. The van der Waals surface area contributed by atoms with Gasteiger partial charge in [0, 0.05) is 29.3 Å². The second kappa shape index (κ2) is 9.65. The highest BCUT2D eigenvalue weighted by Crippen LogP contribution is 2.31. The number of anilines is 3. The molecular weight excluding hydrogens is 443 g/mol. The minimum absolute atomic E-state index is 0.316. The molecule has 7 nitrogen and oxygen atoms in total. The van der Waals surface area contributed by atoms with Gasteiger partial charge in [0.2, 0.25) is 5.95 Å². The van der Waals surface area contributed by atoms with Crippen molar-refractivity contribution in [2.45, 2.75) is 20.0 Å². The maximum absolute atomic E-state index is 12.9. The molecule has 10 heteroatoms. The van der Waals surface area contributed by atoms with Crippen molar-refractivity contribution >= 4 is 23.5 Å². The van der Waals surface area contributed by atoms with E-state index in [1.807, 2.05) is 26.0 Å². The number of nitrogens with one attached hydrogen (secondary N) is 2. The van der Waals surface area contributed by atoms with Crippen molar-refractivity contribution in [3.05, 3.63) is 89.6 Å². The monoisotopic (exact) mass is 463 g/mol. The van der Waals surface area contributed by atoms with Gasteiger partial charge in [-0.2, -0.15) is 18.3 Å². The number of aryl methyl sites for hydroxylation is 2. The molecule has 4 rings (SSSR count). The first-order chi connectivity index (χ1) is 16.3. The van der Waals surface area contributed by atoms with Crippen LogP contribution >= 0.6 is 0 Å². The third-order valence-corrected chi connectivity index (χ3v) is 4.65. The van der Waals surface area contributed by atoms with Crippen molar-refractivity contribution in [1.82, 2.24) is 19.9 Å². The number of hydrogen-bond acceptors (Lipinski definition) is 7. The first-order valence-electron chi connectivity index (χ1n) is 10.2. The molecule has 0 unspecified atom stereocenters. The predicted molar refractivity (Wildman–Crippen MR) is 125 cm³/mol. The zero-order valence-electron chi connectivity index (χ0n) is 18.3.